The first-order valence-corrected chi connectivity index (χ1v) is 8.92. The minimum absolute atomic E-state index is 0.0202. The number of hydrogen-bond acceptors (Lipinski definition) is 4. The van der Waals surface area contributed by atoms with Crippen LogP contribution >= 0.6 is 15.9 Å². The van der Waals surface area contributed by atoms with Crippen LogP contribution in [-0.4, -0.2) is 36.0 Å². The van der Waals surface area contributed by atoms with Crippen molar-refractivity contribution in [2.24, 2.45) is 5.92 Å². The average Bonchev–Trinajstić information content (AvgIpc) is 2.90. The Morgan fingerprint density at radius 3 is 2.76 bits per heavy atom. The first-order valence-electron chi connectivity index (χ1n) is 8.13. The molecule has 5 nitrogen and oxygen atoms in total. The Kier molecular flexibility index (Phi) is 6.58. The lowest BCUT2D eigenvalue weighted by molar-refractivity contribution is -0.153. The Morgan fingerprint density at radius 2 is 2.12 bits per heavy atom. The van der Waals surface area contributed by atoms with Gasteiger partial charge >= 0.3 is 5.97 Å². The molecule has 1 amide bonds. The number of nitrogens with zero attached hydrogens (tertiary/aromatic N) is 1. The fraction of sp³-hybridized carbons (Fsp3) is 0.444. The highest BCUT2D eigenvalue weighted by atomic mass is 79.9. The number of benzene rings is 1. The fourth-order valence-electron chi connectivity index (χ4n) is 2.58. The highest BCUT2D eigenvalue weighted by Crippen LogP contribution is 2.28. The summed E-state index contributed by atoms with van der Waals surface area (Å²) in [7, 11) is 0. The largest absolute Gasteiger partial charge is 0.464 e. The standard InChI is InChI=1S/C18H21BrFNO4/c1-4-24-18(23)14(8-11(2)3)21-10-12(9-16(21)22)25-15-7-5-6-13(19)17(15)20/h5-7,9,11,14H,4,8,10H2,1-3H3. The van der Waals surface area contributed by atoms with Crippen molar-refractivity contribution in [3.05, 3.63) is 40.3 Å². The van der Waals surface area contributed by atoms with Gasteiger partial charge in [0.1, 0.15) is 11.8 Å². The predicted molar refractivity (Wildman–Crippen MR) is 94.4 cm³/mol. The maximum Gasteiger partial charge on any atom is 0.328 e. The van der Waals surface area contributed by atoms with Crippen LogP contribution in [0.3, 0.4) is 0 Å². The number of rotatable bonds is 7. The van der Waals surface area contributed by atoms with E-state index in [1.165, 1.54) is 17.0 Å². The second-order valence-electron chi connectivity index (χ2n) is 6.13. The summed E-state index contributed by atoms with van der Waals surface area (Å²) in [5.41, 5.74) is 0. The van der Waals surface area contributed by atoms with Gasteiger partial charge in [-0.05, 0) is 47.3 Å². The molecule has 1 aromatic carbocycles. The smallest absolute Gasteiger partial charge is 0.328 e. The van der Waals surface area contributed by atoms with E-state index in [0.717, 1.165) is 0 Å². The van der Waals surface area contributed by atoms with Crippen molar-refractivity contribution in [3.63, 3.8) is 0 Å². The zero-order valence-electron chi connectivity index (χ0n) is 14.4. The third kappa shape index (κ3) is 4.81. The molecule has 1 aromatic rings. The van der Waals surface area contributed by atoms with Gasteiger partial charge in [-0.1, -0.05) is 19.9 Å². The van der Waals surface area contributed by atoms with Crippen molar-refractivity contribution in [3.8, 4) is 5.75 Å². The maximum atomic E-state index is 14.0. The van der Waals surface area contributed by atoms with Crippen molar-refractivity contribution in [1.82, 2.24) is 4.90 Å². The van der Waals surface area contributed by atoms with E-state index in [0.29, 0.717) is 12.2 Å². The summed E-state index contributed by atoms with van der Waals surface area (Å²) in [6, 6.07) is 3.99. The molecule has 0 N–H and O–H groups in total. The zero-order chi connectivity index (χ0) is 18.6. The van der Waals surface area contributed by atoms with Gasteiger partial charge in [-0.25, -0.2) is 9.18 Å². The van der Waals surface area contributed by atoms with Crippen LogP contribution in [0.1, 0.15) is 27.2 Å². The minimum Gasteiger partial charge on any atom is -0.464 e. The summed E-state index contributed by atoms with van der Waals surface area (Å²) in [4.78, 5) is 26.0. The highest BCUT2D eigenvalue weighted by Gasteiger charge is 2.35. The Morgan fingerprint density at radius 1 is 1.40 bits per heavy atom. The minimum atomic E-state index is -0.683. The van der Waals surface area contributed by atoms with Gasteiger partial charge in [-0.15, -0.1) is 0 Å². The molecule has 0 aliphatic carbocycles. The molecule has 7 heteroatoms. The van der Waals surface area contributed by atoms with Crippen molar-refractivity contribution < 1.29 is 23.5 Å². The Balaban J connectivity index is 2.14. The number of carbonyl (C=O) groups excluding carboxylic acids is 2. The number of halogens is 2. The molecule has 136 valence electrons. The monoisotopic (exact) mass is 413 g/mol. The first-order chi connectivity index (χ1) is 11.8. The van der Waals surface area contributed by atoms with Crippen LogP contribution in [0.25, 0.3) is 0 Å². The molecule has 1 unspecified atom stereocenters. The molecule has 1 aliphatic rings. The maximum absolute atomic E-state index is 14.0. The molecular formula is C18H21BrFNO4. The van der Waals surface area contributed by atoms with Crippen LogP contribution in [0.15, 0.2) is 34.5 Å². The second kappa shape index (κ2) is 8.47. The molecule has 0 spiro atoms. The van der Waals surface area contributed by atoms with Crippen molar-refractivity contribution in [2.75, 3.05) is 13.2 Å². The van der Waals surface area contributed by atoms with E-state index in [2.05, 4.69) is 15.9 Å². The van der Waals surface area contributed by atoms with Crippen LogP contribution in [0, 0.1) is 11.7 Å². The van der Waals surface area contributed by atoms with E-state index in [9.17, 15) is 14.0 Å². The Hall–Kier alpha value is -1.89. The summed E-state index contributed by atoms with van der Waals surface area (Å²) >= 11 is 3.09. The number of hydrogen-bond donors (Lipinski definition) is 0. The topological polar surface area (TPSA) is 55.8 Å². The van der Waals surface area contributed by atoms with Gasteiger partial charge in [-0.3, -0.25) is 4.79 Å². The molecule has 1 atom stereocenters. The third-order valence-corrected chi connectivity index (χ3v) is 4.29. The van der Waals surface area contributed by atoms with Crippen LogP contribution in [0.2, 0.25) is 0 Å². The van der Waals surface area contributed by atoms with E-state index in [4.69, 9.17) is 9.47 Å². The van der Waals surface area contributed by atoms with Gasteiger partial charge < -0.3 is 14.4 Å². The quantitative estimate of drug-likeness (QED) is 0.639. The summed E-state index contributed by atoms with van der Waals surface area (Å²) in [6.07, 6.45) is 1.77. The fourth-order valence-corrected chi connectivity index (χ4v) is 2.93. The molecule has 0 saturated carbocycles. The van der Waals surface area contributed by atoms with Gasteiger partial charge in [-0.2, -0.15) is 0 Å². The van der Waals surface area contributed by atoms with Crippen LogP contribution in [0.5, 0.6) is 5.75 Å². The van der Waals surface area contributed by atoms with Gasteiger partial charge in [0.15, 0.2) is 11.6 Å². The van der Waals surface area contributed by atoms with Crippen LogP contribution < -0.4 is 4.74 Å². The number of esters is 1. The van der Waals surface area contributed by atoms with E-state index in [1.807, 2.05) is 13.8 Å². The normalized spacial score (nSPS) is 15.4. The van der Waals surface area contributed by atoms with Gasteiger partial charge in [0.25, 0.3) is 5.91 Å². The lowest BCUT2D eigenvalue weighted by Gasteiger charge is -2.27. The van der Waals surface area contributed by atoms with E-state index < -0.39 is 17.8 Å². The zero-order valence-corrected chi connectivity index (χ0v) is 16.0. The molecule has 0 fully saturated rings. The molecule has 25 heavy (non-hydrogen) atoms. The van der Waals surface area contributed by atoms with Crippen LogP contribution in [0.4, 0.5) is 4.39 Å². The third-order valence-electron chi connectivity index (χ3n) is 3.68. The van der Waals surface area contributed by atoms with Gasteiger partial charge in [0, 0.05) is 6.08 Å². The number of amides is 1. The van der Waals surface area contributed by atoms with E-state index in [1.54, 1.807) is 19.1 Å². The van der Waals surface area contributed by atoms with Crippen LogP contribution in [-0.2, 0) is 14.3 Å². The lowest BCUT2D eigenvalue weighted by atomic mass is 10.0. The Bertz CT molecular complexity index is 690. The molecule has 0 bridgehead atoms. The summed E-state index contributed by atoms with van der Waals surface area (Å²) in [5, 5.41) is 0. The average molecular weight is 414 g/mol. The molecule has 1 aliphatic heterocycles. The van der Waals surface area contributed by atoms with Crippen molar-refractivity contribution in [1.29, 1.82) is 0 Å². The lowest BCUT2D eigenvalue weighted by Crippen LogP contribution is -2.44. The summed E-state index contributed by atoms with van der Waals surface area (Å²) < 4.78 is 24.9. The van der Waals surface area contributed by atoms with Gasteiger partial charge in [0.2, 0.25) is 0 Å². The summed E-state index contributed by atoms with van der Waals surface area (Å²) in [5.74, 6) is -0.808. The molecule has 0 saturated heterocycles. The Labute approximate surface area is 154 Å². The first kappa shape index (κ1) is 19.4. The number of carbonyl (C=O) groups is 2. The molecule has 0 radical (unpaired) electrons. The molecule has 1 heterocycles. The van der Waals surface area contributed by atoms with Crippen molar-refractivity contribution in [2.45, 2.75) is 33.2 Å². The summed E-state index contributed by atoms with van der Waals surface area (Å²) in [6.45, 7) is 6.00. The molecular weight excluding hydrogens is 393 g/mol. The van der Waals surface area contributed by atoms with E-state index in [-0.39, 0.29) is 35.2 Å². The SMILES string of the molecule is CCOC(=O)C(CC(C)C)N1CC(Oc2cccc(Br)c2F)=CC1=O. The van der Waals surface area contributed by atoms with E-state index >= 15 is 0 Å². The predicted octanol–water partition coefficient (Wildman–Crippen LogP) is 3.67. The molecule has 2 rings (SSSR count). The van der Waals surface area contributed by atoms with Gasteiger partial charge in [0.05, 0.1) is 17.6 Å². The highest BCUT2D eigenvalue weighted by molar-refractivity contribution is 9.10. The molecule has 0 aromatic heterocycles. The second-order valence-corrected chi connectivity index (χ2v) is 6.98. The number of ether oxygens (including phenoxy) is 2. The van der Waals surface area contributed by atoms with Crippen molar-refractivity contribution >= 4 is 27.8 Å².